The standard InChI is InChI=1S/C27H37ClN4O4S/c1-4-15-31(37(35,36)25-11-9-21(3)10-12-25)20-26(33)32(19-22-7-6-8-23(28)18-22)24-13-16-30(17-14-24)27(34)29-5-2/h6-12,18,24H,4-5,13-17,19-20H2,1-3H3,(H,29,34). The maximum Gasteiger partial charge on any atom is 0.317 e. The Morgan fingerprint density at radius 3 is 2.35 bits per heavy atom. The molecule has 1 fully saturated rings. The first-order chi connectivity index (χ1) is 17.6. The van der Waals surface area contributed by atoms with E-state index in [2.05, 4.69) is 5.32 Å². The fourth-order valence-electron chi connectivity index (χ4n) is 4.53. The Hall–Kier alpha value is -2.62. The zero-order chi connectivity index (χ0) is 27.0. The van der Waals surface area contributed by atoms with Crippen LogP contribution in [-0.4, -0.2) is 73.2 Å². The normalized spacial score (nSPS) is 14.6. The number of carbonyl (C=O) groups excluding carboxylic acids is 2. The highest BCUT2D eigenvalue weighted by molar-refractivity contribution is 7.89. The van der Waals surface area contributed by atoms with Gasteiger partial charge in [0.2, 0.25) is 15.9 Å². The molecule has 0 spiro atoms. The van der Waals surface area contributed by atoms with Crippen LogP contribution in [0.2, 0.25) is 5.02 Å². The van der Waals surface area contributed by atoms with Crippen LogP contribution in [0.5, 0.6) is 0 Å². The highest BCUT2D eigenvalue weighted by atomic mass is 35.5. The van der Waals surface area contributed by atoms with Gasteiger partial charge in [0.1, 0.15) is 0 Å². The van der Waals surface area contributed by atoms with E-state index >= 15 is 0 Å². The van der Waals surface area contributed by atoms with Crippen LogP contribution in [0.25, 0.3) is 0 Å². The molecule has 1 aliphatic heterocycles. The van der Waals surface area contributed by atoms with Crippen LogP contribution in [0.4, 0.5) is 4.79 Å². The molecule has 2 aromatic carbocycles. The number of amides is 3. The quantitative estimate of drug-likeness (QED) is 0.480. The second-order valence-corrected chi connectivity index (χ2v) is 11.7. The van der Waals surface area contributed by atoms with Gasteiger partial charge in [-0.1, -0.05) is 48.4 Å². The van der Waals surface area contributed by atoms with Gasteiger partial charge in [-0.15, -0.1) is 0 Å². The van der Waals surface area contributed by atoms with Gasteiger partial charge in [0, 0.05) is 43.8 Å². The number of nitrogens with one attached hydrogen (secondary N) is 1. The molecule has 3 rings (SSSR count). The Morgan fingerprint density at radius 2 is 1.76 bits per heavy atom. The van der Waals surface area contributed by atoms with Crippen molar-refractivity contribution in [3.8, 4) is 0 Å². The van der Waals surface area contributed by atoms with Crippen LogP contribution in [0.1, 0.15) is 44.2 Å². The predicted octanol–water partition coefficient (Wildman–Crippen LogP) is 4.27. The van der Waals surface area contributed by atoms with E-state index in [1.54, 1.807) is 40.1 Å². The van der Waals surface area contributed by atoms with Crippen LogP contribution < -0.4 is 5.32 Å². The van der Waals surface area contributed by atoms with E-state index in [9.17, 15) is 18.0 Å². The van der Waals surface area contributed by atoms with Gasteiger partial charge >= 0.3 is 6.03 Å². The zero-order valence-electron chi connectivity index (χ0n) is 21.8. The average Bonchev–Trinajstić information content (AvgIpc) is 2.87. The SMILES string of the molecule is CCCN(CC(=O)N(Cc1cccc(Cl)c1)C1CCN(C(=O)NCC)CC1)S(=O)(=O)c1ccc(C)cc1. The summed E-state index contributed by atoms with van der Waals surface area (Å²) < 4.78 is 28.1. The second kappa shape index (κ2) is 13.3. The highest BCUT2D eigenvalue weighted by Gasteiger charge is 2.33. The van der Waals surface area contributed by atoms with E-state index in [1.807, 2.05) is 39.0 Å². The van der Waals surface area contributed by atoms with E-state index in [1.165, 1.54) is 4.31 Å². The molecule has 0 aliphatic carbocycles. The van der Waals surface area contributed by atoms with Gasteiger partial charge < -0.3 is 15.1 Å². The van der Waals surface area contributed by atoms with E-state index < -0.39 is 10.0 Å². The monoisotopic (exact) mass is 548 g/mol. The van der Waals surface area contributed by atoms with Gasteiger partial charge in [0.05, 0.1) is 11.4 Å². The first-order valence-corrected chi connectivity index (χ1v) is 14.6. The molecule has 1 saturated heterocycles. The van der Waals surface area contributed by atoms with E-state index in [0.29, 0.717) is 50.5 Å². The molecule has 202 valence electrons. The molecule has 8 nitrogen and oxygen atoms in total. The van der Waals surface area contributed by atoms with Gasteiger partial charge in [0.15, 0.2) is 0 Å². The Labute approximate surface area is 225 Å². The molecule has 1 N–H and O–H groups in total. The lowest BCUT2D eigenvalue weighted by Gasteiger charge is -2.39. The molecular formula is C27H37ClN4O4S. The lowest BCUT2D eigenvalue weighted by atomic mass is 10.0. The molecule has 37 heavy (non-hydrogen) atoms. The number of benzene rings is 2. The Bertz CT molecular complexity index is 1170. The Balaban J connectivity index is 1.83. The number of carbonyl (C=O) groups is 2. The summed E-state index contributed by atoms with van der Waals surface area (Å²) in [7, 11) is -3.84. The van der Waals surface area contributed by atoms with Crippen LogP contribution in [0.3, 0.4) is 0 Å². The van der Waals surface area contributed by atoms with Gasteiger partial charge in [0.25, 0.3) is 0 Å². The molecule has 2 aromatic rings. The van der Waals surface area contributed by atoms with E-state index in [-0.39, 0.29) is 36.0 Å². The predicted molar refractivity (Wildman–Crippen MR) is 146 cm³/mol. The molecule has 1 heterocycles. The van der Waals surface area contributed by atoms with Gasteiger partial charge in [-0.2, -0.15) is 4.31 Å². The summed E-state index contributed by atoms with van der Waals surface area (Å²) in [5, 5.41) is 3.40. The minimum Gasteiger partial charge on any atom is -0.338 e. The third kappa shape index (κ3) is 7.69. The summed E-state index contributed by atoms with van der Waals surface area (Å²) in [4.78, 5) is 29.7. The van der Waals surface area contributed by atoms with Crippen molar-refractivity contribution in [2.45, 2.75) is 57.5 Å². The largest absolute Gasteiger partial charge is 0.338 e. The topological polar surface area (TPSA) is 90.0 Å². The van der Waals surface area contributed by atoms with Crippen LogP contribution in [0, 0.1) is 6.92 Å². The summed E-state index contributed by atoms with van der Waals surface area (Å²) in [5.74, 6) is -0.263. The van der Waals surface area contributed by atoms with E-state index in [4.69, 9.17) is 11.6 Å². The first kappa shape index (κ1) is 28.9. The van der Waals surface area contributed by atoms with Crippen molar-refractivity contribution in [3.63, 3.8) is 0 Å². The van der Waals surface area contributed by atoms with Crippen LogP contribution in [0.15, 0.2) is 53.4 Å². The number of likely N-dealkylation sites (tertiary alicyclic amines) is 1. The number of urea groups is 1. The van der Waals surface area contributed by atoms with Crippen molar-refractivity contribution >= 4 is 33.6 Å². The molecule has 1 aliphatic rings. The number of halogens is 1. The van der Waals surface area contributed by atoms with Crippen molar-refractivity contribution in [1.29, 1.82) is 0 Å². The minimum absolute atomic E-state index is 0.105. The molecule has 0 radical (unpaired) electrons. The van der Waals surface area contributed by atoms with Crippen molar-refractivity contribution < 1.29 is 18.0 Å². The summed E-state index contributed by atoms with van der Waals surface area (Å²) >= 11 is 6.20. The number of nitrogens with zero attached hydrogens (tertiary/aromatic N) is 3. The summed E-state index contributed by atoms with van der Waals surface area (Å²) in [5.41, 5.74) is 1.83. The molecular weight excluding hydrogens is 512 g/mol. The molecule has 0 bridgehead atoms. The number of sulfonamides is 1. The fourth-order valence-corrected chi connectivity index (χ4v) is 6.23. The highest BCUT2D eigenvalue weighted by Crippen LogP contribution is 2.23. The van der Waals surface area contributed by atoms with Crippen molar-refractivity contribution in [2.24, 2.45) is 0 Å². The smallest absolute Gasteiger partial charge is 0.317 e. The lowest BCUT2D eigenvalue weighted by molar-refractivity contribution is -0.135. The molecule has 0 aromatic heterocycles. The third-order valence-corrected chi connectivity index (χ3v) is 8.62. The number of piperidine rings is 1. The molecule has 3 amide bonds. The Morgan fingerprint density at radius 1 is 1.08 bits per heavy atom. The van der Waals surface area contributed by atoms with Gasteiger partial charge in [-0.3, -0.25) is 4.79 Å². The summed E-state index contributed by atoms with van der Waals surface area (Å²) in [6.07, 6.45) is 1.81. The zero-order valence-corrected chi connectivity index (χ0v) is 23.4. The summed E-state index contributed by atoms with van der Waals surface area (Å²) in [6, 6.07) is 13.8. The number of hydrogen-bond acceptors (Lipinski definition) is 4. The van der Waals surface area contributed by atoms with E-state index in [0.717, 1.165) is 11.1 Å². The number of aryl methyl sites for hydroxylation is 1. The molecule has 0 saturated carbocycles. The second-order valence-electron chi connectivity index (χ2n) is 9.36. The van der Waals surface area contributed by atoms with Crippen LogP contribution in [-0.2, 0) is 21.4 Å². The van der Waals surface area contributed by atoms with Gasteiger partial charge in [-0.05, 0) is 62.9 Å². The molecule has 0 atom stereocenters. The third-order valence-electron chi connectivity index (χ3n) is 6.53. The lowest BCUT2D eigenvalue weighted by Crippen LogP contribution is -2.52. The van der Waals surface area contributed by atoms with Crippen molar-refractivity contribution in [2.75, 3.05) is 32.7 Å². The summed E-state index contributed by atoms with van der Waals surface area (Å²) in [6.45, 7) is 7.58. The fraction of sp³-hybridized carbons (Fsp3) is 0.481. The Kier molecular flexibility index (Phi) is 10.4. The minimum atomic E-state index is -3.84. The number of rotatable bonds is 10. The first-order valence-electron chi connectivity index (χ1n) is 12.8. The maximum absolute atomic E-state index is 13.8. The van der Waals surface area contributed by atoms with Crippen LogP contribution >= 0.6 is 11.6 Å². The number of hydrogen-bond donors (Lipinski definition) is 1. The van der Waals surface area contributed by atoms with Crippen molar-refractivity contribution in [1.82, 2.24) is 19.4 Å². The van der Waals surface area contributed by atoms with Gasteiger partial charge in [-0.25, -0.2) is 13.2 Å². The molecule has 10 heteroatoms. The molecule has 0 unspecified atom stereocenters. The average molecular weight is 549 g/mol. The maximum atomic E-state index is 13.8. The van der Waals surface area contributed by atoms with Crippen molar-refractivity contribution in [3.05, 3.63) is 64.7 Å².